The summed E-state index contributed by atoms with van der Waals surface area (Å²) in [5.41, 5.74) is 1.66. The normalized spacial score (nSPS) is 15.6. The third-order valence-electron chi connectivity index (χ3n) is 3.66. The van der Waals surface area contributed by atoms with Crippen molar-refractivity contribution in [1.29, 1.82) is 0 Å². The Morgan fingerprint density at radius 3 is 2.54 bits per heavy atom. The van der Waals surface area contributed by atoms with Gasteiger partial charge in [-0.15, -0.1) is 0 Å². The maximum atomic E-state index is 12.5. The lowest BCUT2D eigenvalue weighted by atomic mass is 10.2. The number of nitrogens with zero attached hydrogens (tertiary/aromatic N) is 1. The van der Waals surface area contributed by atoms with E-state index in [-0.39, 0.29) is 24.8 Å². The van der Waals surface area contributed by atoms with Crippen LogP contribution in [0.4, 0.5) is 5.69 Å². The summed E-state index contributed by atoms with van der Waals surface area (Å²) in [6.45, 7) is 0.263. The summed E-state index contributed by atoms with van der Waals surface area (Å²) < 4.78 is 1.42. The smallest absolute Gasteiger partial charge is 0.266 e. The molecule has 0 aliphatic carbocycles. The number of amides is 2. The minimum Gasteiger partial charge on any atom is -0.326 e. The molecule has 1 saturated heterocycles. The zero-order valence-corrected chi connectivity index (χ0v) is 16.9. The Kier molecular flexibility index (Phi) is 6.24. The molecule has 1 fully saturated rings. The minimum atomic E-state index is -0.159. The van der Waals surface area contributed by atoms with Gasteiger partial charge in [-0.1, -0.05) is 70.2 Å². The number of thioether (sulfide) groups is 1. The van der Waals surface area contributed by atoms with Gasteiger partial charge in [0, 0.05) is 23.1 Å². The summed E-state index contributed by atoms with van der Waals surface area (Å²) >= 11 is 9.91. The van der Waals surface area contributed by atoms with E-state index in [2.05, 4.69) is 21.2 Å². The lowest BCUT2D eigenvalue weighted by molar-refractivity contribution is -0.122. The fourth-order valence-electron chi connectivity index (χ4n) is 2.36. The van der Waals surface area contributed by atoms with Gasteiger partial charge in [0.05, 0.1) is 4.91 Å². The molecule has 0 saturated carbocycles. The highest BCUT2D eigenvalue weighted by Gasteiger charge is 2.32. The lowest BCUT2D eigenvalue weighted by Gasteiger charge is -2.14. The molecule has 0 bridgehead atoms. The van der Waals surface area contributed by atoms with Crippen LogP contribution in [0, 0.1) is 0 Å². The van der Waals surface area contributed by atoms with Crippen LogP contribution in [0.2, 0.25) is 0 Å². The highest BCUT2D eigenvalue weighted by molar-refractivity contribution is 9.10. The van der Waals surface area contributed by atoms with Crippen molar-refractivity contribution in [2.45, 2.75) is 6.42 Å². The number of nitrogens with one attached hydrogen (secondary N) is 1. The number of rotatable bonds is 5. The molecule has 2 aromatic carbocycles. The number of anilines is 1. The molecule has 2 aromatic rings. The summed E-state index contributed by atoms with van der Waals surface area (Å²) in [5, 5.41) is 2.81. The van der Waals surface area contributed by atoms with Crippen molar-refractivity contribution >= 4 is 67.8 Å². The molecule has 7 heteroatoms. The molecule has 26 heavy (non-hydrogen) atoms. The van der Waals surface area contributed by atoms with E-state index in [0.717, 1.165) is 10.0 Å². The van der Waals surface area contributed by atoms with Gasteiger partial charge in [-0.05, 0) is 35.9 Å². The van der Waals surface area contributed by atoms with Crippen molar-refractivity contribution in [3.05, 3.63) is 69.5 Å². The molecule has 0 unspecified atom stereocenters. The molecule has 4 nitrogen and oxygen atoms in total. The maximum absolute atomic E-state index is 12.5. The van der Waals surface area contributed by atoms with Crippen LogP contribution < -0.4 is 5.32 Å². The molecule has 2 amide bonds. The Bertz CT molecular complexity index is 867. The summed E-state index contributed by atoms with van der Waals surface area (Å²) in [5.74, 6) is -0.311. The lowest BCUT2D eigenvalue weighted by Crippen LogP contribution is -2.31. The highest BCUT2D eigenvalue weighted by atomic mass is 79.9. The quantitative estimate of drug-likeness (QED) is 0.534. The first-order valence-electron chi connectivity index (χ1n) is 7.89. The van der Waals surface area contributed by atoms with Gasteiger partial charge in [0.25, 0.3) is 5.91 Å². The molecule has 0 atom stereocenters. The van der Waals surface area contributed by atoms with Gasteiger partial charge in [-0.25, -0.2) is 0 Å². The molecule has 1 aliphatic rings. The number of thiocarbonyl (C=S) groups is 1. The van der Waals surface area contributed by atoms with Crippen LogP contribution >= 0.6 is 39.9 Å². The van der Waals surface area contributed by atoms with E-state index in [1.807, 2.05) is 60.7 Å². The second kappa shape index (κ2) is 8.62. The Morgan fingerprint density at radius 2 is 1.85 bits per heavy atom. The van der Waals surface area contributed by atoms with E-state index in [1.165, 1.54) is 16.7 Å². The van der Waals surface area contributed by atoms with Crippen molar-refractivity contribution in [3.8, 4) is 0 Å². The molecule has 1 N–H and O–H groups in total. The first kappa shape index (κ1) is 18.8. The third-order valence-corrected chi connectivity index (χ3v) is 5.57. The topological polar surface area (TPSA) is 49.4 Å². The van der Waals surface area contributed by atoms with Crippen LogP contribution in [0.3, 0.4) is 0 Å². The predicted octanol–water partition coefficient (Wildman–Crippen LogP) is 4.68. The third kappa shape index (κ3) is 4.81. The van der Waals surface area contributed by atoms with Gasteiger partial charge >= 0.3 is 0 Å². The number of benzene rings is 2. The fourth-order valence-corrected chi connectivity index (χ4v) is 3.94. The summed E-state index contributed by atoms with van der Waals surface area (Å²) in [7, 11) is 0. The van der Waals surface area contributed by atoms with Crippen LogP contribution in [0.1, 0.15) is 12.0 Å². The highest BCUT2D eigenvalue weighted by Crippen LogP contribution is 2.32. The van der Waals surface area contributed by atoms with Crippen molar-refractivity contribution in [2.75, 3.05) is 11.9 Å². The van der Waals surface area contributed by atoms with E-state index >= 15 is 0 Å². The van der Waals surface area contributed by atoms with Crippen molar-refractivity contribution in [1.82, 2.24) is 4.90 Å². The van der Waals surface area contributed by atoms with E-state index in [9.17, 15) is 9.59 Å². The molecule has 0 radical (unpaired) electrons. The SMILES string of the molecule is O=C(CCN1C(=O)C(=Cc2ccccc2)SC1=S)Nc1ccc(Br)cc1. The number of halogens is 1. The van der Waals surface area contributed by atoms with Gasteiger partial charge in [-0.3, -0.25) is 14.5 Å². The van der Waals surface area contributed by atoms with Gasteiger partial charge < -0.3 is 5.32 Å². The molecule has 0 spiro atoms. The largest absolute Gasteiger partial charge is 0.326 e. The molecule has 3 rings (SSSR count). The Balaban J connectivity index is 1.58. The van der Waals surface area contributed by atoms with Gasteiger partial charge in [0.1, 0.15) is 4.32 Å². The Labute approximate surface area is 169 Å². The Hall–Kier alpha value is -1.96. The van der Waals surface area contributed by atoms with E-state index in [4.69, 9.17) is 12.2 Å². The van der Waals surface area contributed by atoms with Crippen LogP contribution in [-0.2, 0) is 9.59 Å². The molecule has 1 heterocycles. The number of hydrogen-bond acceptors (Lipinski definition) is 4. The minimum absolute atomic E-state index is 0.153. The number of hydrogen-bond donors (Lipinski definition) is 1. The van der Waals surface area contributed by atoms with Crippen LogP contribution in [0.25, 0.3) is 6.08 Å². The van der Waals surface area contributed by atoms with Crippen LogP contribution in [0.5, 0.6) is 0 Å². The molecule has 1 aliphatic heterocycles. The van der Waals surface area contributed by atoms with E-state index in [0.29, 0.717) is 14.9 Å². The van der Waals surface area contributed by atoms with Crippen LogP contribution in [-0.4, -0.2) is 27.6 Å². The maximum Gasteiger partial charge on any atom is 0.266 e. The summed E-state index contributed by atoms with van der Waals surface area (Å²) in [4.78, 5) is 26.7. The zero-order valence-electron chi connectivity index (χ0n) is 13.6. The average molecular weight is 447 g/mol. The fraction of sp³-hybridized carbons (Fsp3) is 0.105. The standard InChI is InChI=1S/C19H15BrN2O2S2/c20-14-6-8-15(9-7-14)21-17(23)10-11-22-18(24)16(26-19(22)25)12-13-4-2-1-3-5-13/h1-9,12H,10-11H2,(H,21,23). The van der Waals surface area contributed by atoms with Crippen molar-refractivity contribution in [2.24, 2.45) is 0 Å². The van der Waals surface area contributed by atoms with Gasteiger partial charge in [-0.2, -0.15) is 0 Å². The van der Waals surface area contributed by atoms with Gasteiger partial charge in [0.15, 0.2) is 0 Å². The zero-order chi connectivity index (χ0) is 18.5. The first-order valence-corrected chi connectivity index (χ1v) is 9.90. The van der Waals surface area contributed by atoms with Crippen molar-refractivity contribution < 1.29 is 9.59 Å². The molecular formula is C19H15BrN2O2S2. The second-order valence-electron chi connectivity index (χ2n) is 5.55. The molecule has 0 aromatic heterocycles. The first-order chi connectivity index (χ1) is 12.5. The van der Waals surface area contributed by atoms with Gasteiger partial charge in [0.2, 0.25) is 5.91 Å². The predicted molar refractivity (Wildman–Crippen MR) is 114 cm³/mol. The number of carbonyl (C=O) groups excluding carboxylic acids is 2. The summed E-state index contributed by atoms with van der Waals surface area (Å²) in [6, 6.07) is 16.9. The second-order valence-corrected chi connectivity index (χ2v) is 8.14. The van der Waals surface area contributed by atoms with Crippen LogP contribution in [0.15, 0.2) is 64.0 Å². The van der Waals surface area contributed by atoms with E-state index < -0.39 is 0 Å². The monoisotopic (exact) mass is 446 g/mol. The number of carbonyl (C=O) groups is 2. The molecular weight excluding hydrogens is 432 g/mol. The molecule has 132 valence electrons. The Morgan fingerprint density at radius 1 is 1.15 bits per heavy atom. The van der Waals surface area contributed by atoms with Crippen molar-refractivity contribution in [3.63, 3.8) is 0 Å². The average Bonchev–Trinajstić information content (AvgIpc) is 2.89. The summed E-state index contributed by atoms with van der Waals surface area (Å²) in [6.07, 6.45) is 2.00. The van der Waals surface area contributed by atoms with E-state index in [1.54, 1.807) is 0 Å².